The first kappa shape index (κ1) is 18.1. The predicted molar refractivity (Wildman–Crippen MR) is 97.8 cm³/mol. The molecule has 4 heteroatoms. The number of unbranched alkanes of at least 4 members (excludes halogenated alkanes) is 1. The van der Waals surface area contributed by atoms with Crippen LogP contribution in [0.1, 0.15) is 24.0 Å². The summed E-state index contributed by atoms with van der Waals surface area (Å²) in [4.78, 5) is 8.68. The van der Waals surface area contributed by atoms with Crippen molar-refractivity contribution < 1.29 is 0 Å². The second-order valence-corrected chi connectivity index (χ2v) is 5.78. The monoisotopic (exact) mass is 302 g/mol. The van der Waals surface area contributed by atoms with Crippen LogP contribution in [0, 0.1) is 6.92 Å². The molecular weight excluding hydrogens is 272 g/mol. The molecule has 0 aliphatic heterocycles. The van der Waals surface area contributed by atoms with Gasteiger partial charge < -0.3 is 15.1 Å². The van der Waals surface area contributed by atoms with Gasteiger partial charge in [-0.25, -0.2) is 0 Å². The first-order valence-corrected chi connectivity index (χ1v) is 7.79. The lowest BCUT2D eigenvalue weighted by atomic mass is 10.1. The Balaban J connectivity index is 2.69. The second-order valence-electron chi connectivity index (χ2n) is 5.78. The molecule has 0 aromatic heterocycles. The molecule has 0 saturated heterocycles. The summed E-state index contributed by atoms with van der Waals surface area (Å²) in [5.41, 5.74) is 3.80. The number of guanidine groups is 1. The van der Waals surface area contributed by atoms with Crippen LogP contribution in [0.15, 0.2) is 35.8 Å². The largest absolute Gasteiger partial charge is 0.377 e. The molecule has 122 valence electrons. The molecule has 22 heavy (non-hydrogen) atoms. The van der Waals surface area contributed by atoms with E-state index in [1.807, 2.05) is 13.1 Å². The smallest absolute Gasteiger partial charge is 0.193 e. The van der Waals surface area contributed by atoms with Crippen molar-refractivity contribution in [1.29, 1.82) is 0 Å². The van der Waals surface area contributed by atoms with E-state index in [2.05, 4.69) is 73.0 Å². The molecule has 0 atom stereocenters. The van der Waals surface area contributed by atoms with Gasteiger partial charge in [-0.1, -0.05) is 18.2 Å². The molecule has 0 saturated carbocycles. The normalized spacial score (nSPS) is 11.2. The Morgan fingerprint density at radius 2 is 2.05 bits per heavy atom. The lowest BCUT2D eigenvalue weighted by Gasteiger charge is -2.23. The number of hydrogen-bond donors (Lipinski definition) is 1. The number of aliphatic imine (C=N–C) groups is 1. The lowest BCUT2D eigenvalue weighted by Crippen LogP contribution is -2.39. The summed E-state index contributed by atoms with van der Waals surface area (Å²) in [5.74, 6) is 0.925. The van der Waals surface area contributed by atoms with E-state index in [1.54, 1.807) is 0 Å². The quantitative estimate of drug-likeness (QED) is 0.363. The number of hydrogen-bond acceptors (Lipinski definition) is 2. The third-order valence-electron chi connectivity index (χ3n) is 3.63. The van der Waals surface area contributed by atoms with Crippen LogP contribution < -0.4 is 10.2 Å². The first-order chi connectivity index (χ1) is 10.5. The minimum Gasteiger partial charge on any atom is -0.377 e. The molecule has 0 aliphatic carbocycles. The Hall–Kier alpha value is -1.97. The van der Waals surface area contributed by atoms with Crippen LogP contribution in [0.2, 0.25) is 0 Å². The van der Waals surface area contributed by atoms with Gasteiger partial charge in [-0.05, 0) is 37.0 Å². The summed E-state index contributed by atoms with van der Waals surface area (Å²) in [6.45, 7) is 7.63. The summed E-state index contributed by atoms with van der Waals surface area (Å²) in [6, 6.07) is 6.55. The van der Waals surface area contributed by atoms with Crippen molar-refractivity contribution in [1.82, 2.24) is 10.2 Å². The van der Waals surface area contributed by atoms with Crippen LogP contribution in [-0.4, -0.2) is 45.6 Å². The number of nitrogens with zero attached hydrogens (tertiary/aromatic N) is 3. The SMILES string of the molecule is C=CCCCN(C)C(=NC)NCc1ccc(C)cc1N(C)C. The highest BCUT2D eigenvalue weighted by Gasteiger charge is 2.08. The van der Waals surface area contributed by atoms with Crippen LogP contribution in [0.5, 0.6) is 0 Å². The van der Waals surface area contributed by atoms with Crippen molar-refractivity contribution in [2.24, 2.45) is 4.99 Å². The third kappa shape index (κ3) is 5.43. The van der Waals surface area contributed by atoms with E-state index in [0.29, 0.717) is 0 Å². The van der Waals surface area contributed by atoms with Crippen LogP contribution in [0.25, 0.3) is 0 Å². The van der Waals surface area contributed by atoms with Gasteiger partial charge in [0.2, 0.25) is 0 Å². The number of benzene rings is 1. The van der Waals surface area contributed by atoms with Gasteiger partial charge >= 0.3 is 0 Å². The van der Waals surface area contributed by atoms with Gasteiger partial charge in [0.25, 0.3) is 0 Å². The fourth-order valence-electron chi connectivity index (χ4n) is 2.38. The van der Waals surface area contributed by atoms with E-state index in [4.69, 9.17) is 0 Å². The molecule has 0 bridgehead atoms. The first-order valence-electron chi connectivity index (χ1n) is 7.79. The average Bonchev–Trinajstić information content (AvgIpc) is 2.49. The predicted octanol–water partition coefficient (Wildman–Crippen LogP) is 3.03. The molecule has 1 rings (SSSR count). The molecule has 0 radical (unpaired) electrons. The standard InChI is InChI=1S/C18H30N4/c1-7-8-9-12-22(6)18(19-3)20-14-16-11-10-15(2)13-17(16)21(4)5/h7,10-11,13H,1,8-9,12,14H2,2-6H3,(H,19,20). The fourth-order valence-corrected chi connectivity index (χ4v) is 2.38. The number of anilines is 1. The number of allylic oxidation sites excluding steroid dienone is 1. The lowest BCUT2D eigenvalue weighted by molar-refractivity contribution is 0.470. The van der Waals surface area contributed by atoms with Crippen LogP contribution in [0.3, 0.4) is 0 Å². The fraction of sp³-hybridized carbons (Fsp3) is 0.500. The molecule has 1 N–H and O–H groups in total. The van der Waals surface area contributed by atoms with Gasteiger partial charge in [0.05, 0.1) is 0 Å². The number of rotatable bonds is 7. The van der Waals surface area contributed by atoms with Gasteiger partial charge in [-0.2, -0.15) is 0 Å². The van der Waals surface area contributed by atoms with Crippen molar-refractivity contribution in [3.8, 4) is 0 Å². The average molecular weight is 302 g/mol. The van der Waals surface area contributed by atoms with Crippen molar-refractivity contribution in [3.05, 3.63) is 42.0 Å². The minimum absolute atomic E-state index is 0.770. The number of nitrogens with one attached hydrogen (secondary N) is 1. The molecule has 0 heterocycles. The van der Waals surface area contributed by atoms with Gasteiger partial charge in [0.1, 0.15) is 0 Å². The molecule has 0 amide bonds. The van der Waals surface area contributed by atoms with E-state index in [9.17, 15) is 0 Å². The Morgan fingerprint density at radius 3 is 2.64 bits per heavy atom. The Morgan fingerprint density at radius 1 is 1.32 bits per heavy atom. The van der Waals surface area contributed by atoms with Crippen LogP contribution in [-0.2, 0) is 6.54 Å². The summed E-state index contributed by atoms with van der Waals surface area (Å²) in [5, 5.41) is 3.45. The minimum atomic E-state index is 0.770. The molecule has 0 fully saturated rings. The summed E-state index contributed by atoms with van der Waals surface area (Å²) < 4.78 is 0. The zero-order chi connectivity index (χ0) is 16.5. The highest BCUT2D eigenvalue weighted by atomic mass is 15.3. The molecule has 0 aliphatic rings. The Kier molecular flexibility index (Phi) is 7.50. The van der Waals surface area contributed by atoms with Crippen molar-refractivity contribution in [3.63, 3.8) is 0 Å². The third-order valence-corrected chi connectivity index (χ3v) is 3.63. The summed E-state index contributed by atoms with van der Waals surface area (Å²) >= 11 is 0. The molecule has 0 unspecified atom stereocenters. The highest BCUT2D eigenvalue weighted by Crippen LogP contribution is 2.20. The summed E-state index contributed by atoms with van der Waals surface area (Å²) in [6.07, 6.45) is 4.08. The van der Waals surface area contributed by atoms with Crippen LogP contribution >= 0.6 is 0 Å². The molecule has 1 aromatic carbocycles. The van der Waals surface area contributed by atoms with E-state index in [1.165, 1.54) is 16.8 Å². The van der Waals surface area contributed by atoms with Gasteiger partial charge in [0.15, 0.2) is 5.96 Å². The van der Waals surface area contributed by atoms with Gasteiger partial charge in [-0.15, -0.1) is 6.58 Å². The van der Waals surface area contributed by atoms with Crippen molar-refractivity contribution >= 4 is 11.6 Å². The summed E-state index contributed by atoms with van der Waals surface area (Å²) in [7, 11) is 8.05. The maximum Gasteiger partial charge on any atom is 0.193 e. The van der Waals surface area contributed by atoms with E-state index < -0.39 is 0 Å². The maximum absolute atomic E-state index is 4.37. The Bertz CT molecular complexity index is 506. The molecule has 1 aromatic rings. The second kappa shape index (κ2) is 9.13. The van der Waals surface area contributed by atoms with Crippen molar-refractivity contribution in [2.75, 3.05) is 39.6 Å². The van der Waals surface area contributed by atoms with Crippen molar-refractivity contribution in [2.45, 2.75) is 26.3 Å². The number of aryl methyl sites for hydroxylation is 1. The highest BCUT2D eigenvalue weighted by molar-refractivity contribution is 5.79. The van der Waals surface area contributed by atoms with Gasteiger partial charge in [-0.3, -0.25) is 4.99 Å². The molecule has 4 nitrogen and oxygen atoms in total. The maximum atomic E-state index is 4.37. The molecule has 0 spiro atoms. The van der Waals surface area contributed by atoms with E-state index >= 15 is 0 Å². The van der Waals surface area contributed by atoms with Crippen LogP contribution in [0.4, 0.5) is 5.69 Å². The Labute approximate surface area is 135 Å². The molecular formula is C18H30N4. The zero-order valence-corrected chi connectivity index (χ0v) is 14.7. The van der Waals surface area contributed by atoms with E-state index in [0.717, 1.165) is 31.9 Å². The zero-order valence-electron chi connectivity index (χ0n) is 14.7. The topological polar surface area (TPSA) is 30.9 Å². The van der Waals surface area contributed by atoms with Gasteiger partial charge in [0, 0.05) is 47.0 Å². The van der Waals surface area contributed by atoms with E-state index in [-0.39, 0.29) is 0 Å².